The van der Waals surface area contributed by atoms with Gasteiger partial charge in [-0.05, 0) is 38.3 Å². The van der Waals surface area contributed by atoms with E-state index in [1.54, 1.807) is 19.2 Å². The molecule has 0 unspecified atom stereocenters. The Morgan fingerprint density at radius 1 is 1.17 bits per heavy atom. The van der Waals surface area contributed by atoms with Crippen molar-refractivity contribution in [2.75, 3.05) is 20.3 Å². The molecule has 1 aromatic rings. The van der Waals surface area contributed by atoms with Crippen LogP contribution in [0.3, 0.4) is 0 Å². The number of carbonyl (C=O) groups is 2. The van der Waals surface area contributed by atoms with Crippen LogP contribution in [0.1, 0.15) is 50.4 Å². The maximum Gasteiger partial charge on any atom is 0.251 e. The lowest BCUT2D eigenvalue weighted by atomic mass is 10.1. The Balaban J connectivity index is 0. The molecular formula is C18H33N3O3. The Morgan fingerprint density at radius 2 is 1.71 bits per heavy atom. The van der Waals surface area contributed by atoms with E-state index in [1.165, 1.54) is 0 Å². The largest absolute Gasteiger partial charge is 0.385 e. The molecule has 6 heteroatoms. The molecule has 0 aliphatic heterocycles. The summed E-state index contributed by atoms with van der Waals surface area (Å²) in [7, 11) is 1.68. The molecule has 0 bridgehead atoms. The number of amides is 2. The van der Waals surface area contributed by atoms with Crippen LogP contribution in [0.5, 0.6) is 0 Å². The number of rotatable bonds is 8. The second-order valence-electron chi connectivity index (χ2n) is 4.70. The van der Waals surface area contributed by atoms with Crippen molar-refractivity contribution in [2.45, 2.75) is 46.1 Å². The molecule has 0 saturated carbocycles. The number of nitrogens with two attached hydrogens (primary N) is 2. The van der Waals surface area contributed by atoms with E-state index in [-0.39, 0.29) is 5.91 Å². The molecule has 1 aromatic carbocycles. The number of primary amides is 1. The SMILES string of the molecule is CC.CCOC.NC(=O)[C@@H](N)CCCCNC(=O)c1ccccc1. The fourth-order valence-electron chi connectivity index (χ4n) is 1.53. The smallest absolute Gasteiger partial charge is 0.251 e. The molecule has 0 heterocycles. The molecule has 0 radical (unpaired) electrons. The van der Waals surface area contributed by atoms with Crippen molar-refractivity contribution < 1.29 is 14.3 Å². The molecule has 2 amide bonds. The summed E-state index contributed by atoms with van der Waals surface area (Å²) < 4.78 is 4.54. The van der Waals surface area contributed by atoms with Crippen LogP contribution in [0, 0.1) is 0 Å². The lowest BCUT2D eigenvalue weighted by molar-refractivity contribution is -0.119. The highest BCUT2D eigenvalue weighted by molar-refractivity contribution is 5.94. The number of hydrogen-bond donors (Lipinski definition) is 3. The first-order valence-corrected chi connectivity index (χ1v) is 8.40. The summed E-state index contributed by atoms with van der Waals surface area (Å²) in [5.74, 6) is -0.571. The van der Waals surface area contributed by atoms with Crippen molar-refractivity contribution in [1.82, 2.24) is 5.32 Å². The predicted molar refractivity (Wildman–Crippen MR) is 98.7 cm³/mol. The second-order valence-corrected chi connectivity index (χ2v) is 4.70. The molecular weight excluding hydrogens is 306 g/mol. The molecule has 6 nitrogen and oxygen atoms in total. The van der Waals surface area contributed by atoms with Gasteiger partial charge in [0, 0.05) is 25.8 Å². The highest BCUT2D eigenvalue weighted by Gasteiger charge is 2.08. The number of ether oxygens (including phenoxy) is 1. The van der Waals surface area contributed by atoms with E-state index in [1.807, 2.05) is 39.0 Å². The molecule has 5 N–H and O–H groups in total. The van der Waals surface area contributed by atoms with Crippen LogP contribution in [0.25, 0.3) is 0 Å². The van der Waals surface area contributed by atoms with Crippen molar-refractivity contribution >= 4 is 11.8 Å². The number of nitrogens with one attached hydrogen (secondary N) is 1. The van der Waals surface area contributed by atoms with Gasteiger partial charge in [-0.1, -0.05) is 32.0 Å². The van der Waals surface area contributed by atoms with Crippen LogP contribution in [0.15, 0.2) is 30.3 Å². The summed E-state index contributed by atoms with van der Waals surface area (Å²) in [6, 6.07) is 8.44. The summed E-state index contributed by atoms with van der Waals surface area (Å²) in [4.78, 5) is 22.3. The highest BCUT2D eigenvalue weighted by Crippen LogP contribution is 2.00. The summed E-state index contributed by atoms with van der Waals surface area (Å²) in [5, 5.41) is 2.81. The zero-order valence-corrected chi connectivity index (χ0v) is 15.4. The van der Waals surface area contributed by atoms with Crippen LogP contribution in [-0.4, -0.2) is 38.1 Å². The zero-order valence-electron chi connectivity index (χ0n) is 15.4. The maximum absolute atomic E-state index is 11.6. The minimum atomic E-state index is -0.588. The van der Waals surface area contributed by atoms with Gasteiger partial charge in [-0.2, -0.15) is 0 Å². The quantitative estimate of drug-likeness (QED) is 0.630. The Hall–Kier alpha value is -1.92. The lowest BCUT2D eigenvalue weighted by Gasteiger charge is -2.07. The van der Waals surface area contributed by atoms with Crippen molar-refractivity contribution in [3.8, 4) is 0 Å². The van der Waals surface area contributed by atoms with Gasteiger partial charge in [0.05, 0.1) is 6.04 Å². The Morgan fingerprint density at radius 3 is 2.17 bits per heavy atom. The summed E-state index contributed by atoms with van der Waals surface area (Å²) in [6.07, 6.45) is 2.09. The first-order valence-electron chi connectivity index (χ1n) is 8.40. The molecule has 24 heavy (non-hydrogen) atoms. The van der Waals surface area contributed by atoms with Gasteiger partial charge in [-0.3, -0.25) is 9.59 Å². The number of benzene rings is 1. The third-order valence-electron chi connectivity index (χ3n) is 2.92. The minimum absolute atomic E-state index is 0.0881. The fraction of sp³-hybridized carbons (Fsp3) is 0.556. The zero-order chi connectivity index (χ0) is 18.8. The lowest BCUT2D eigenvalue weighted by Crippen LogP contribution is -2.36. The van der Waals surface area contributed by atoms with Crippen LogP contribution >= 0.6 is 0 Å². The van der Waals surface area contributed by atoms with Crippen molar-refractivity contribution in [1.29, 1.82) is 0 Å². The van der Waals surface area contributed by atoms with Crippen molar-refractivity contribution in [3.05, 3.63) is 35.9 Å². The highest BCUT2D eigenvalue weighted by atomic mass is 16.5. The van der Waals surface area contributed by atoms with E-state index in [0.29, 0.717) is 18.5 Å². The normalized spacial score (nSPS) is 10.4. The second kappa shape index (κ2) is 17.4. The van der Waals surface area contributed by atoms with Gasteiger partial charge in [-0.25, -0.2) is 0 Å². The first-order chi connectivity index (χ1) is 11.5. The molecule has 1 rings (SSSR count). The van der Waals surface area contributed by atoms with E-state index < -0.39 is 11.9 Å². The van der Waals surface area contributed by atoms with Gasteiger partial charge in [0.15, 0.2) is 0 Å². The van der Waals surface area contributed by atoms with Gasteiger partial charge in [0.1, 0.15) is 0 Å². The van der Waals surface area contributed by atoms with Crippen molar-refractivity contribution in [2.24, 2.45) is 11.5 Å². The minimum Gasteiger partial charge on any atom is -0.385 e. The predicted octanol–water partition coefficient (Wildman–Crippen LogP) is 2.08. The van der Waals surface area contributed by atoms with E-state index >= 15 is 0 Å². The van der Waals surface area contributed by atoms with E-state index in [4.69, 9.17) is 11.5 Å². The monoisotopic (exact) mass is 339 g/mol. The van der Waals surface area contributed by atoms with E-state index in [2.05, 4.69) is 10.1 Å². The van der Waals surface area contributed by atoms with Gasteiger partial charge >= 0.3 is 0 Å². The molecule has 0 spiro atoms. The number of hydrogen-bond acceptors (Lipinski definition) is 4. The molecule has 0 saturated heterocycles. The molecule has 0 aliphatic carbocycles. The van der Waals surface area contributed by atoms with Crippen molar-refractivity contribution in [3.63, 3.8) is 0 Å². The van der Waals surface area contributed by atoms with Gasteiger partial charge < -0.3 is 21.5 Å². The molecule has 138 valence electrons. The third kappa shape index (κ3) is 13.7. The number of unbranched alkanes of at least 4 members (excludes halogenated alkanes) is 1. The van der Waals surface area contributed by atoms with Crippen LogP contribution in [0.4, 0.5) is 0 Å². The summed E-state index contributed by atoms with van der Waals surface area (Å²) in [6.45, 7) is 7.35. The van der Waals surface area contributed by atoms with Gasteiger partial charge in [0.25, 0.3) is 5.91 Å². The van der Waals surface area contributed by atoms with Gasteiger partial charge in [0.2, 0.25) is 5.91 Å². The summed E-state index contributed by atoms with van der Waals surface area (Å²) >= 11 is 0. The number of carbonyl (C=O) groups excluding carboxylic acids is 2. The first kappa shape index (κ1) is 24.3. The maximum atomic E-state index is 11.6. The molecule has 1 atom stereocenters. The standard InChI is InChI=1S/C13H19N3O2.C3H8O.C2H6/c14-11(12(15)17)8-4-5-9-16-13(18)10-6-2-1-3-7-10;1-3-4-2;1-2/h1-3,6-7,11H,4-5,8-9,14H2,(H2,15,17)(H,16,18);3H2,1-2H3;1-2H3/t11-;;/m0../s1. The molecule has 0 aromatic heterocycles. The van der Waals surface area contributed by atoms with Gasteiger partial charge in [-0.15, -0.1) is 0 Å². The average Bonchev–Trinajstić information content (AvgIpc) is 2.63. The third-order valence-corrected chi connectivity index (χ3v) is 2.92. The Kier molecular flexibility index (Phi) is 17.7. The average molecular weight is 339 g/mol. The van der Waals surface area contributed by atoms with E-state index in [0.717, 1.165) is 19.4 Å². The Labute approximate surface area is 145 Å². The summed E-state index contributed by atoms with van der Waals surface area (Å²) in [5.41, 5.74) is 11.2. The number of methoxy groups -OCH3 is 1. The topological polar surface area (TPSA) is 107 Å². The van der Waals surface area contributed by atoms with Crippen LogP contribution in [-0.2, 0) is 9.53 Å². The fourth-order valence-corrected chi connectivity index (χ4v) is 1.53. The van der Waals surface area contributed by atoms with Crippen LogP contribution < -0.4 is 16.8 Å². The molecule has 0 aliphatic rings. The van der Waals surface area contributed by atoms with Crippen LogP contribution in [0.2, 0.25) is 0 Å². The van der Waals surface area contributed by atoms with E-state index in [9.17, 15) is 9.59 Å². The Bertz CT molecular complexity index is 423. The molecule has 0 fully saturated rings.